The van der Waals surface area contributed by atoms with E-state index in [2.05, 4.69) is 5.32 Å². The van der Waals surface area contributed by atoms with Crippen LogP contribution in [-0.2, 0) is 14.8 Å². The molecular formula is C19H22N2O4S. The molecule has 1 aliphatic heterocycles. The molecule has 26 heavy (non-hydrogen) atoms. The van der Waals surface area contributed by atoms with Gasteiger partial charge in [0.25, 0.3) is 0 Å². The third-order valence-corrected chi connectivity index (χ3v) is 6.45. The van der Waals surface area contributed by atoms with Gasteiger partial charge in [-0.1, -0.05) is 30.3 Å². The summed E-state index contributed by atoms with van der Waals surface area (Å²) < 4.78 is 32.5. The molecule has 1 N–H and O–H groups in total. The van der Waals surface area contributed by atoms with E-state index in [0.717, 1.165) is 11.3 Å². The van der Waals surface area contributed by atoms with Crippen molar-refractivity contribution in [1.29, 1.82) is 0 Å². The summed E-state index contributed by atoms with van der Waals surface area (Å²) >= 11 is 0. The zero-order chi connectivity index (χ0) is 18.7. The van der Waals surface area contributed by atoms with Gasteiger partial charge in [-0.15, -0.1) is 0 Å². The second-order valence-corrected chi connectivity index (χ2v) is 8.26. The largest absolute Gasteiger partial charge is 0.497 e. The smallest absolute Gasteiger partial charge is 0.243 e. The quantitative estimate of drug-likeness (QED) is 0.868. The Morgan fingerprint density at radius 1 is 1.08 bits per heavy atom. The molecule has 138 valence electrons. The number of rotatable bonds is 5. The topological polar surface area (TPSA) is 75.7 Å². The van der Waals surface area contributed by atoms with E-state index in [4.69, 9.17) is 4.74 Å². The fourth-order valence-electron chi connectivity index (χ4n) is 3.30. The van der Waals surface area contributed by atoms with Gasteiger partial charge in [-0.05, 0) is 29.8 Å². The lowest BCUT2D eigenvalue weighted by Crippen LogP contribution is -2.39. The maximum Gasteiger partial charge on any atom is 0.243 e. The molecule has 1 aliphatic rings. The van der Waals surface area contributed by atoms with Gasteiger partial charge in [0.1, 0.15) is 5.75 Å². The van der Waals surface area contributed by atoms with Crippen LogP contribution in [-0.4, -0.2) is 44.9 Å². The number of ether oxygens (including phenoxy) is 1. The van der Waals surface area contributed by atoms with Gasteiger partial charge in [-0.3, -0.25) is 4.79 Å². The Labute approximate surface area is 153 Å². The highest BCUT2D eigenvalue weighted by Gasteiger charge is 2.40. The number of nitrogens with one attached hydrogen (secondary N) is 1. The van der Waals surface area contributed by atoms with Gasteiger partial charge < -0.3 is 10.1 Å². The molecule has 6 nitrogen and oxygen atoms in total. The summed E-state index contributed by atoms with van der Waals surface area (Å²) in [6.07, 6.45) is 0. The van der Waals surface area contributed by atoms with E-state index in [0.29, 0.717) is 6.54 Å². The number of benzene rings is 2. The van der Waals surface area contributed by atoms with Crippen molar-refractivity contribution >= 4 is 15.9 Å². The molecule has 7 heteroatoms. The number of nitrogens with zero attached hydrogens (tertiary/aromatic N) is 1. The number of carbonyl (C=O) groups is 1. The highest BCUT2D eigenvalue weighted by atomic mass is 32.2. The summed E-state index contributed by atoms with van der Waals surface area (Å²) in [7, 11) is -2.01. The van der Waals surface area contributed by atoms with E-state index in [1.54, 1.807) is 37.4 Å². The first-order valence-electron chi connectivity index (χ1n) is 8.38. The number of carbonyl (C=O) groups excluding carboxylic acids is 1. The molecule has 0 aliphatic carbocycles. The lowest BCUT2D eigenvalue weighted by Gasteiger charge is -2.19. The van der Waals surface area contributed by atoms with Gasteiger partial charge in [0.2, 0.25) is 15.9 Å². The van der Waals surface area contributed by atoms with Gasteiger partial charge in [0.15, 0.2) is 0 Å². The zero-order valence-corrected chi connectivity index (χ0v) is 15.6. The molecule has 2 aromatic carbocycles. The molecule has 2 aromatic rings. The predicted octanol–water partition coefficient (Wildman–Crippen LogP) is 1.99. The molecule has 2 atom stereocenters. The second-order valence-electron chi connectivity index (χ2n) is 6.32. The minimum atomic E-state index is -3.60. The monoisotopic (exact) mass is 374 g/mol. The van der Waals surface area contributed by atoms with Crippen molar-refractivity contribution in [3.05, 3.63) is 60.2 Å². The zero-order valence-electron chi connectivity index (χ0n) is 14.8. The first-order chi connectivity index (χ1) is 12.4. The van der Waals surface area contributed by atoms with Crippen molar-refractivity contribution in [2.75, 3.05) is 20.2 Å². The van der Waals surface area contributed by atoms with Crippen LogP contribution in [0.25, 0.3) is 0 Å². The van der Waals surface area contributed by atoms with Crippen molar-refractivity contribution in [2.24, 2.45) is 0 Å². The lowest BCUT2D eigenvalue weighted by atomic mass is 9.94. The third kappa shape index (κ3) is 3.73. The minimum absolute atomic E-state index is 0.122. The Kier molecular flexibility index (Phi) is 5.29. The van der Waals surface area contributed by atoms with E-state index in [1.165, 1.54) is 11.2 Å². The van der Waals surface area contributed by atoms with E-state index in [-0.39, 0.29) is 29.3 Å². The van der Waals surface area contributed by atoms with E-state index in [1.807, 2.05) is 24.3 Å². The van der Waals surface area contributed by atoms with Gasteiger partial charge in [0, 0.05) is 25.9 Å². The lowest BCUT2D eigenvalue weighted by molar-refractivity contribution is -0.119. The number of hydrogen-bond acceptors (Lipinski definition) is 4. The Bertz CT molecular complexity index is 866. The third-order valence-electron chi connectivity index (χ3n) is 4.60. The number of hydrogen-bond donors (Lipinski definition) is 1. The number of sulfonamides is 1. The number of amides is 1. The van der Waals surface area contributed by atoms with Crippen LogP contribution in [0, 0.1) is 0 Å². The molecule has 0 bridgehead atoms. The van der Waals surface area contributed by atoms with Gasteiger partial charge >= 0.3 is 0 Å². The van der Waals surface area contributed by atoms with E-state index in [9.17, 15) is 13.2 Å². The van der Waals surface area contributed by atoms with Gasteiger partial charge in [-0.25, -0.2) is 8.42 Å². The van der Waals surface area contributed by atoms with Gasteiger partial charge in [0.05, 0.1) is 18.0 Å². The summed E-state index contributed by atoms with van der Waals surface area (Å²) in [5.74, 6) is 0.437. The molecule has 1 fully saturated rings. The van der Waals surface area contributed by atoms with Crippen LogP contribution in [0.5, 0.6) is 5.75 Å². The van der Waals surface area contributed by atoms with Crippen LogP contribution in [0.1, 0.15) is 18.4 Å². The van der Waals surface area contributed by atoms with Crippen molar-refractivity contribution < 1.29 is 17.9 Å². The minimum Gasteiger partial charge on any atom is -0.497 e. The molecule has 1 amide bonds. The van der Waals surface area contributed by atoms with Crippen LogP contribution >= 0.6 is 0 Å². The Balaban J connectivity index is 1.90. The Morgan fingerprint density at radius 3 is 2.31 bits per heavy atom. The molecular weight excluding hydrogens is 352 g/mol. The first-order valence-corrected chi connectivity index (χ1v) is 9.82. The highest BCUT2D eigenvalue weighted by Crippen LogP contribution is 2.32. The highest BCUT2D eigenvalue weighted by molar-refractivity contribution is 7.89. The second kappa shape index (κ2) is 7.47. The maximum absolute atomic E-state index is 12.9. The summed E-state index contributed by atoms with van der Waals surface area (Å²) in [6.45, 7) is 2.00. The van der Waals surface area contributed by atoms with Crippen LogP contribution in [0.3, 0.4) is 0 Å². The van der Waals surface area contributed by atoms with E-state index >= 15 is 0 Å². The van der Waals surface area contributed by atoms with Crippen LogP contribution < -0.4 is 10.1 Å². The summed E-state index contributed by atoms with van der Waals surface area (Å²) in [5.41, 5.74) is 0.968. The molecule has 1 saturated heterocycles. The van der Waals surface area contributed by atoms with Crippen LogP contribution in [0.2, 0.25) is 0 Å². The van der Waals surface area contributed by atoms with Crippen LogP contribution in [0.15, 0.2) is 59.5 Å². The number of methoxy groups -OCH3 is 1. The summed E-state index contributed by atoms with van der Waals surface area (Å²) in [4.78, 5) is 11.9. The molecule has 0 saturated carbocycles. The van der Waals surface area contributed by atoms with Crippen molar-refractivity contribution in [3.63, 3.8) is 0 Å². The molecule has 0 unspecified atom stereocenters. The molecule has 3 rings (SSSR count). The fraction of sp³-hybridized carbons (Fsp3) is 0.316. The summed E-state index contributed by atoms with van der Waals surface area (Å²) in [6, 6.07) is 15.6. The Hall–Kier alpha value is -2.38. The maximum atomic E-state index is 12.9. The van der Waals surface area contributed by atoms with E-state index < -0.39 is 10.0 Å². The SMILES string of the molecule is COc1ccc([C@@H]2CN(S(=O)(=O)c3ccccc3)C[C@H]2NC(C)=O)cc1. The molecule has 0 spiro atoms. The average molecular weight is 374 g/mol. The predicted molar refractivity (Wildman–Crippen MR) is 98.5 cm³/mol. The molecule has 1 heterocycles. The normalized spacial score (nSPS) is 20.7. The van der Waals surface area contributed by atoms with Crippen molar-refractivity contribution in [3.8, 4) is 5.75 Å². The molecule has 0 aromatic heterocycles. The fourth-order valence-corrected chi connectivity index (χ4v) is 4.81. The summed E-state index contributed by atoms with van der Waals surface area (Å²) in [5, 5.41) is 2.90. The van der Waals surface area contributed by atoms with Crippen molar-refractivity contribution in [1.82, 2.24) is 9.62 Å². The van der Waals surface area contributed by atoms with Gasteiger partial charge in [-0.2, -0.15) is 4.31 Å². The first kappa shape index (κ1) is 18.4. The van der Waals surface area contributed by atoms with Crippen molar-refractivity contribution in [2.45, 2.75) is 23.8 Å². The Morgan fingerprint density at radius 2 is 1.73 bits per heavy atom. The standard InChI is InChI=1S/C19H22N2O4S/c1-14(22)20-19-13-21(26(23,24)17-6-4-3-5-7-17)12-18(19)15-8-10-16(25-2)11-9-15/h3-11,18-19H,12-13H2,1-2H3,(H,20,22)/t18-,19+/m0/s1. The molecule has 0 radical (unpaired) electrons. The average Bonchev–Trinajstić information content (AvgIpc) is 3.06. The van der Waals surface area contributed by atoms with Crippen LogP contribution in [0.4, 0.5) is 0 Å².